The average molecular weight is 319 g/mol. The van der Waals surface area contributed by atoms with Gasteiger partial charge in [-0.15, -0.1) is 11.3 Å². The minimum Gasteiger partial charge on any atom is -0.312 e. The van der Waals surface area contributed by atoms with Crippen molar-refractivity contribution in [1.82, 2.24) is 10.0 Å². The third-order valence-corrected chi connectivity index (χ3v) is 5.89. The maximum absolute atomic E-state index is 12.2. The third-order valence-electron chi connectivity index (χ3n) is 3.40. The zero-order valence-corrected chi connectivity index (χ0v) is 14.4. The zero-order valence-electron chi connectivity index (χ0n) is 12.8. The van der Waals surface area contributed by atoms with Gasteiger partial charge >= 0.3 is 0 Å². The highest BCUT2D eigenvalue weighted by atomic mass is 32.2. The summed E-state index contributed by atoms with van der Waals surface area (Å²) in [6.07, 6.45) is 1.07. The van der Waals surface area contributed by atoms with Crippen molar-refractivity contribution in [3.8, 4) is 0 Å². The van der Waals surface area contributed by atoms with Crippen LogP contribution in [0.2, 0.25) is 0 Å². The molecule has 20 heavy (non-hydrogen) atoms. The lowest BCUT2D eigenvalue weighted by atomic mass is 9.99. The largest absolute Gasteiger partial charge is 0.312 e. The van der Waals surface area contributed by atoms with Crippen LogP contribution < -0.4 is 10.0 Å². The molecular weight excluding hydrogens is 292 g/mol. The molecule has 0 aliphatic rings. The van der Waals surface area contributed by atoms with E-state index in [-0.39, 0.29) is 0 Å². The molecule has 2 N–H and O–H groups in total. The van der Waals surface area contributed by atoms with E-state index in [0.29, 0.717) is 23.3 Å². The highest BCUT2D eigenvalue weighted by Crippen LogP contribution is 2.19. The van der Waals surface area contributed by atoms with Gasteiger partial charge in [0.2, 0.25) is 10.0 Å². The molecule has 1 heterocycles. The Balaban J connectivity index is 2.59. The first-order valence-corrected chi connectivity index (χ1v) is 9.51. The first-order chi connectivity index (χ1) is 9.36. The van der Waals surface area contributed by atoms with Gasteiger partial charge in [0.25, 0.3) is 0 Å². The molecule has 1 atom stereocenters. The molecular formula is C14H26N2O2S2. The highest BCUT2D eigenvalue weighted by molar-refractivity contribution is 7.89. The molecule has 0 amide bonds. The molecule has 4 nitrogen and oxygen atoms in total. The van der Waals surface area contributed by atoms with E-state index in [1.807, 2.05) is 0 Å². The fourth-order valence-electron chi connectivity index (χ4n) is 1.54. The van der Waals surface area contributed by atoms with Gasteiger partial charge in [-0.3, -0.25) is 0 Å². The minimum atomic E-state index is -3.37. The summed E-state index contributed by atoms with van der Waals surface area (Å²) in [7, 11) is -3.37. The third kappa shape index (κ3) is 5.52. The van der Waals surface area contributed by atoms with Gasteiger partial charge in [-0.05, 0) is 30.9 Å². The second-order valence-electron chi connectivity index (χ2n) is 5.50. The van der Waals surface area contributed by atoms with E-state index in [1.54, 1.807) is 11.4 Å². The molecule has 0 bridgehead atoms. The first kappa shape index (κ1) is 17.6. The van der Waals surface area contributed by atoms with Crippen molar-refractivity contribution in [2.75, 3.05) is 13.1 Å². The molecule has 1 aromatic heterocycles. The molecule has 0 saturated heterocycles. The quantitative estimate of drug-likeness (QED) is 0.688. The van der Waals surface area contributed by atoms with Crippen molar-refractivity contribution < 1.29 is 8.42 Å². The molecule has 0 fully saturated rings. The molecule has 6 heteroatoms. The van der Waals surface area contributed by atoms with Gasteiger partial charge in [-0.2, -0.15) is 0 Å². The van der Waals surface area contributed by atoms with Gasteiger partial charge < -0.3 is 5.32 Å². The van der Waals surface area contributed by atoms with Crippen LogP contribution in [-0.4, -0.2) is 21.5 Å². The van der Waals surface area contributed by atoms with E-state index in [4.69, 9.17) is 0 Å². The summed E-state index contributed by atoms with van der Waals surface area (Å²) in [5, 5.41) is 4.99. The van der Waals surface area contributed by atoms with Crippen LogP contribution in [0.5, 0.6) is 0 Å². The van der Waals surface area contributed by atoms with Gasteiger partial charge in [0.1, 0.15) is 0 Å². The van der Waals surface area contributed by atoms with E-state index in [0.717, 1.165) is 24.4 Å². The zero-order chi connectivity index (χ0) is 15.2. The minimum absolute atomic E-state index is 0.328. The Morgan fingerprint density at radius 1 is 1.30 bits per heavy atom. The van der Waals surface area contributed by atoms with Crippen molar-refractivity contribution in [3.05, 3.63) is 16.3 Å². The summed E-state index contributed by atoms with van der Waals surface area (Å²) in [6.45, 7) is 10.5. The fraction of sp³-hybridized carbons (Fsp3) is 0.714. The van der Waals surface area contributed by atoms with Crippen molar-refractivity contribution in [1.29, 1.82) is 0 Å². The Bertz CT molecular complexity index is 495. The van der Waals surface area contributed by atoms with Crippen LogP contribution in [0, 0.1) is 11.8 Å². The number of nitrogens with one attached hydrogen (secondary N) is 2. The van der Waals surface area contributed by atoms with Crippen LogP contribution in [-0.2, 0) is 16.6 Å². The van der Waals surface area contributed by atoms with Crippen LogP contribution in [0.1, 0.15) is 39.0 Å². The summed E-state index contributed by atoms with van der Waals surface area (Å²) in [4.78, 5) is 1.43. The summed E-state index contributed by atoms with van der Waals surface area (Å²) in [5.74, 6) is 0.795. The van der Waals surface area contributed by atoms with E-state index in [1.165, 1.54) is 11.3 Å². The lowest BCUT2D eigenvalue weighted by Gasteiger charge is -2.15. The predicted molar refractivity (Wildman–Crippen MR) is 85.5 cm³/mol. The maximum Gasteiger partial charge on any atom is 0.241 e. The molecule has 116 valence electrons. The van der Waals surface area contributed by atoms with Crippen LogP contribution in [0.4, 0.5) is 0 Å². The van der Waals surface area contributed by atoms with Gasteiger partial charge in [0, 0.05) is 23.3 Å². The van der Waals surface area contributed by atoms with Gasteiger partial charge in [-0.25, -0.2) is 13.1 Å². The van der Waals surface area contributed by atoms with Crippen molar-refractivity contribution in [2.45, 2.75) is 45.6 Å². The Morgan fingerprint density at radius 2 is 2.00 bits per heavy atom. The predicted octanol–water partition coefficient (Wildman–Crippen LogP) is 2.82. The van der Waals surface area contributed by atoms with E-state index in [9.17, 15) is 8.42 Å². The molecule has 0 aliphatic heterocycles. The van der Waals surface area contributed by atoms with Crippen molar-refractivity contribution in [3.63, 3.8) is 0 Å². The van der Waals surface area contributed by atoms with Crippen LogP contribution in [0.3, 0.4) is 0 Å². The van der Waals surface area contributed by atoms with Gasteiger partial charge in [0.15, 0.2) is 0 Å². The van der Waals surface area contributed by atoms with E-state index in [2.05, 4.69) is 37.7 Å². The highest BCUT2D eigenvalue weighted by Gasteiger charge is 2.18. The number of hydrogen-bond donors (Lipinski definition) is 2. The Labute approximate surface area is 127 Å². The molecule has 1 aromatic rings. The van der Waals surface area contributed by atoms with E-state index >= 15 is 0 Å². The molecule has 0 radical (unpaired) electrons. The van der Waals surface area contributed by atoms with Gasteiger partial charge in [-0.1, -0.05) is 27.7 Å². The lowest BCUT2D eigenvalue weighted by molar-refractivity contribution is 0.414. The molecule has 0 saturated carbocycles. The second-order valence-corrected chi connectivity index (χ2v) is 8.26. The van der Waals surface area contributed by atoms with Crippen molar-refractivity contribution in [2.24, 2.45) is 11.8 Å². The number of hydrogen-bond acceptors (Lipinski definition) is 4. The number of rotatable bonds is 9. The SMILES string of the molecule is CCCNCc1cc(S(=O)(=O)NCC(C)C(C)C)cs1. The summed E-state index contributed by atoms with van der Waals surface area (Å²) < 4.78 is 27.1. The molecule has 0 aromatic carbocycles. The Kier molecular flexibility index (Phi) is 7.15. The monoisotopic (exact) mass is 318 g/mol. The summed E-state index contributed by atoms with van der Waals surface area (Å²) in [5.41, 5.74) is 0. The average Bonchev–Trinajstić information content (AvgIpc) is 2.86. The van der Waals surface area contributed by atoms with Crippen LogP contribution >= 0.6 is 11.3 Å². The van der Waals surface area contributed by atoms with E-state index < -0.39 is 10.0 Å². The smallest absolute Gasteiger partial charge is 0.241 e. The topological polar surface area (TPSA) is 58.2 Å². The van der Waals surface area contributed by atoms with Crippen LogP contribution in [0.25, 0.3) is 0 Å². The normalized spacial score (nSPS) is 13.8. The Hall–Kier alpha value is -0.430. The molecule has 0 spiro atoms. The second kappa shape index (κ2) is 8.12. The van der Waals surface area contributed by atoms with Crippen LogP contribution in [0.15, 0.2) is 16.3 Å². The lowest BCUT2D eigenvalue weighted by Crippen LogP contribution is -2.30. The maximum atomic E-state index is 12.2. The van der Waals surface area contributed by atoms with Crippen molar-refractivity contribution >= 4 is 21.4 Å². The summed E-state index contributed by atoms with van der Waals surface area (Å²) in [6, 6.07) is 1.76. The Morgan fingerprint density at radius 3 is 2.60 bits per heavy atom. The summed E-state index contributed by atoms with van der Waals surface area (Å²) >= 11 is 1.49. The standard InChI is InChI=1S/C14H26N2O2S2/c1-5-6-15-9-13-7-14(10-19-13)20(17,18)16-8-12(4)11(2)3/h7,10-12,15-16H,5-6,8-9H2,1-4H3. The first-order valence-electron chi connectivity index (χ1n) is 7.14. The number of sulfonamides is 1. The molecule has 1 rings (SSSR count). The fourth-order valence-corrected chi connectivity index (χ4v) is 3.93. The van der Waals surface area contributed by atoms with Gasteiger partial charge in [0.05, 0.1) is 4.90 Å². The molecule has 1 unspecified atom stereocenters. The number of thiophene rings is 1. The molecule has 0 aliphatic carbocycles.